The van der Waals surface area contributed by atoms with Gasteiger partial charge in [0, 0.05) is 11.8 Å². The molecule has 3 rings (SSSR count). The highest BCUT2D eigenvalue weighted by molar-refractivity contribution is 9.10. The number of methoxy groups -OCH3 is 1. The molecule has 0 spiro atoms. The molecule has 25 heavy (non-hydrogen) atoms. The lowest BCUT2D eigenvalue weighted by atomic mass is 10.3. The largest absolute Gasteiger partial charge is 0.497 e. The number of furan rings is 1. The molecular weight excluding hydrogens is 386 g/mol. The van der Waals surface area contributed by atoms with E-state index < -0.39 is 0 Å². The van der Waals surface area contributed by atoms with Gasteiger partial charge in [0.2, 0.25) is 0 Å². The van der Waals surface area contributed by atoms with Crippen LogP contribution >= 0.6 is 15.9 Å². The molecule has 2 heterocycles. The minimum atomic E-state index is -0.311. The molecular formula is C18H18BrN3O3. The van der Waals surface area contributed by atoms with E-state index in [9.17, 15) is 4.79 Å². The van der Waals surface area contributed by atoms with Crippen molar-refractivity contribution in [1.29, 1.82) is 0 Å². The van der Waals surface area contributed by atoms with E-state index in [1.54, 1.807) is 31.4 Å². The number of hydrogen-bond acceptors (Lipinski definition) is 4. The van der Waals surface area contributed by atoms with Crippen molar-refractivity contribution < 1.29 is 13.9 Å². The van der Waals surface area contributed by atoms with Crippen molar-refractivity contribution in [3.8, 4) is 5.75 Å². The number of ether oxygens (including phenoxy) is 1. The van der Waals surface area contributed by atoms with Gasteiger partial charge >= 0.3 is 0 Å². The average molecular weight is 404 g/mol. The van der Waals surface area contributed by atoms with Crippen molar-refractivity contribution >= 4 is 27.5 Å². The first-order valence-electron chi connectivity index (χ1n) is 7.71. The number of carbonyl (C=O) groups is 1. The molecule has 0 unspecified atom stereocenters. The van der Waals surface area contributed by atoms with Crippen molar-refractivity contribution in [3.05, 3.63) is 63.8 Å². The highest BCUT2D eigenvalue weighted by atomic mass is 79.9. The molecule has 0 aliphatic rings. The molecule has 0 fully saturated rings. The molecule has 0 aliphatic heterocycles. The zero-order valence-corrected chi connectivity index (χ0v) is 15.8. The highest BCUT2D eigenvalue weighted by Crippen LogP contribution is 2.22. The predicted octanol–water partition coefficient (Wildman–Crippen LogP) is 4.16. The Morgan fingerprint density at radius 3 is 2.80 bits per heavy atom. The van der Waals surface area contributed by atoms with E-state index in [0.717, 1.165) is 15.9 Å². The second-order valence-corrected chi connectivity index (χ2v) is 6.39. The molecule has 0 atom stereocenters. The van der Waals surface area contributed by atoms with Gasteiger partial charge in [0.15, 0.2) is 5.76 Å². The van der Waals surface area contributed by atoms with Crippen molar-refractivity contribution in [3.63, 3.8) is 0 Å². The van der Waals surface area contributed by atoms with Gasteiger partial charge in [-0.15, -0.1) is 0 Å². The Kier molecular flexibility index (Phi) is 4.94. The summed E-state index contributed by atoms with van der Waals surface area (Å²) in [5, 5.41) is 7.23. The Morgan fingerprint density at radius 1 is 1.32 bits per heavy atom. The average Bonchev–Trinajstić information content (AvgIpc) is 3.16. The van der Waals surface area contributed by atoms with Crippen LogP contribution in [0.3, 0.4) is 0 Å². The molecule has 0 aliphatic carbocycles. The van der Waals surface area contributed by atoms with Gasteiger partial charge in [-0.2, -0.15) is 5.10 Å². The van der Waals surface area contributed by atoms with Crippen LogP contribution < -0.4 is 10.1 Å². The minimum absolute atomic E-state index is 0.249. The summed E-state index contributed by atoms with van der Waals surface area (Å²) in [6.45, 7) is 4.37. The van der Waals surface area contributed by atoms with E-state index in [4.69, 9.17) is 9.15 Å². The number of nitrogens with zero attached hydrogens (tertiary/aromatic N) is 2. The van der Waals surface area contributed by atoms with Crippen LogP contribution in [0.15, 0.2) is 45.3 Å². The maximum atomic E-state index is 12.3. The van der Waals surface area contributed by atoms with Gasteiger partial charge in [0.25, 0.3) is 5.91 Å². The molecule has 0 radical (unpaired) electrons. The van der Waals surface area contributed by atoms with Crippen LogP contribution in [0.1, 0.15) is 27.7 Å². The van der Waals surface area contributed by atoms with Crippen molar-refractivity contribution in [1.82, 2.24) is 9.78 Å². The fraction of sp³-hybridized carbons (Fsp3) is 0.222. The molecule has 1 amide bonds. The molecule has 6 nitrogen and oxygen atoms in total. The van der Waals surface area contributed by atoms with Crippen LogP contribution in [0.4, 0.5) is 5.69 Å². The van der Waals surface area contributed by atoms with Crippen LogP contribution in [0, 0.1) is 13.8 Å². The van der Waals surface area contributed by atoms with Crippen LogP contribution in [0.25, 0.3) is 0 Å². The SMILES string of the molecule is COc1cccc(NC(=O)c2ccc(Cn3nc(C)c(Br)c3C)o2)c1. The number of nitrogens with one attached hydrogen (secondary N) is 1. The number of aryl methyl sites for hydroxylation is 1. The number of halogens is 1. The molecule has 1 aromatic carbocycles. The van der Waals surface area contributed by atoms with Crippen LogP contribution in [-0.2, 0) is 6.54 Å². The van der Waals surface area contributed by atoms with E-state index >= 15 is 0 Å². The first-order valence-corrected chi connectivity index (χ1v) is 8.51. The number of hydrogen-bond donors (Lipinski definition) is 1. The summed E-state index contributed by atoms with van der Waals surface area (Å²) in [7, 11) is 1.58. The van der Waals surface area contributed by atoms with Gasteiger partial charge in [0.1, 0.15) is 11.5 Å². The smallest absolute Gasteiger partial charge is 0.291 e. The lowest BCUT2D eigenvalue weighted by Crippen LogP contribution is -2.11. The molecule has 0 saturated carbocycles. The Balaban J connectivity index is 1.72. The van der Waals surface area contributed by atoms with Gasteiger partial charge in [-0.3, -0.25) is 9.48 Å². The Morgan fingerprint density at radius 2 is 2.12 bits per heavy atom. The monoisotopic (exact) mass is 403 g/mol. The number of anilines is 1. The first-order chi connectivity index (χ1) is 12.0. The standard InChI is InChI=1S/C18H18BrN3O3/c1-11-17(19)12(2)22(21-11)10-15-7-8-16(25-15)18(23)20-13-5-4-6-14(9-13)24-3/h4-9H,10H2,1-3H3,(H,20,23). The first kappa shape index (κ1) is 17.3. The van der Waals surface area contributed by atoms with Crippen molar-refractivity contribution in [2.75, 3.05) is 12.4 Å². The number of rotatable bonds is 5. The molecule has 0 saturated heterocycles. The Labute approximate surface area is 153 Å². The molecule has 7 heteroatoms. The fourth-order valence-electron chi connectivity index (χ4n) is 2.46. The van der Waals surface area contributed by atoms with E-state index in [-0.39, 0.29) is 11.7 Å². The molecule has 2 aromatic heterocycles. The third kappa shape index (κ3) is 3.76. The summed E-state index contributed by atoms with van der Waals surface area (Å²) in [4.78, 5) is 12.3. The Bertz CT molecular complexity index is 914. The second kappa shape index (κ2) is 7.14. The molecule has 1 N–H and O–H groups in total. The number of aromatic nitrogens is 2. The van der Waals surface area contributed by atoms with Crippen LogP contribution in [0.2, 0.25) is 0 Å². The summed E-state index contributed by atoms with van der Waals surface area (Å²) in [5.41, 5.74) is 2.57. The third-order valence-corrected chi connectivity index (χ3v) is 4.96. The van der Waals surface area contributed by atoms with Crippen LogP contribution in [-0.4, -0.2) is 22.8 Å². The quantitative estimate of drug-likeness (QED) is 0.693. The Hall–Kier alpha value is -2.54. The summed E-state index contributed by atoms with van der Waals surface area (Å²) < 4.78 is 13.6. The fourth-order valence-corrected chi connectivity index (χ4v) is 2.74. The maximum Gasteiger partial charge on any atom is 0.291 e. The van der Waals surface area contributed by atoms with E-state index in [1.807, 2.05) is 30.7 Å². The summed E-state index contributed by atoms with van der Waals surface area (Å²) in [5.74, 6) is 1.27. The van der Waals surface area contributed by atoms with Gasteiger partial charge < -0.3 is 14.5 Å². The van der Waals surface area contributed by atoms with Crippen molar-refractivity contribution in [2.24, 2.45) is 0 Å². The molecule has 0 bridgehead atoms. The number of benzene rings is 1. The molecule has 3 aromatic rings. The van der Waals surface area contributed by atoms with Gasteiger partial charge in [-0.1, -0.05) is 6.07 Å². The zero-order chi connectivity index (χ0) is 18.0. The maximum absolute atomic E-state index is 12.3. The second-order valence-electron chi connectivity index (χ2n) is 5.59. The minimum Gasteiger partial charge on any atom is -0.497 e. The molecule has 130 valence electrons. The normalized spacial score (nSPS) is 10.7. The van der Waals surface area contributed by atoms with Gasteiger partial charge in [-0.25, -0.2) is 0 Å². The van der Waals surface area contributed by atoms with Gasteiger partial charge in [0.05, 0.1) is 29.5 Å². The summed E-state index contributed by atoms with van der Waals surface area (Å²) in [6, 6.07) is 10.6. The lowest BCUT2D eigenvalue weighted by molar-refractivity contribution is 0.0994. The van der Waals surface area contributed by atoms with E-state index in [2.05, 4.69) is 26.3 Å². The van der Waals surface area contributed by atoms with Crippen molar-refractivity contribution in [2.45, 2.75) is 20.4 Å². The summed E-state index contributed by atoms with van der Waals surface area (Å²) >= 11 is 3.50. The van der Waals surface area contributed by atoms with E-state index in [0.29, 0.717) is 23.7 Å². The number of carbonyl (C=O) groups excluding carboxylic acids is 1. The summed E-state index contributed by atoms with van der Waals surface area (Å²) in [6.07, 6.45) is 0. The van der Waals surface area contributed by atoms with Gasteiger partial charge in [-0.05, 0) is 54.0 Å². The zero-order valence-electron chi connectivity index (χ0n) is 14.2. The predicted molar refractivity (Wildman–Crippen MR) is 98.2 cm³/mol. The third-order valence-electron chi connectivity index (χ3n) is 3.81. The number of amides is 1. The van der Waals surface area contributed by atoms with Crippen LogP contribution in [0.5, 0.6) is 5.75 Å². The highest BCUT2D eigenvalue weighted by Gasteiger charge is 2.14. The lowest BCUT2D eigenvalue weighted by Gasteiger charge is -2.05. The van der Waals surface area contributed by atoms with E-state index in [1.165, 1.54) is 0 Å². The topological polar surface area (TPSA) is 69.3 Å².